The molecule has 0 bridgehead atoms. The van der Waals surface area contributed by atoms with E-state index in [1.165, 1.54) is 16.8 Å². The van der Waals surface area contributed by atoms with Gasteiger partial charge in [-0.15, -0.1) is 6.42 Å². The molecule has 0 aliphatic heterocycles. The average Bonchev–Trinajstić information content (AvgIpc) is 3.27. The van der Waals surface area contributed by atoms with Crippen LogP contribution in [0.2, 0.25) is 0 Å². The van der Waals surface area contributed by atoms with Gasteiger partial charge in [0.15, 0.2) is 0 Å². The third-order valence-electron chi connectivity index (χ3n) is 4.01. The number of anilines is 1. The Morgan fingerprint density at radius 3 is 2.04 bits per heavy atom. The molecule has 0 atom stereocenters. The van der Waals surface area contributed by atoms with Crippen molar-refractivity contribution in [3.8, 4) is 18.1 Å². The van der Waals surface area contributed by atoms with E-state index in [4.69, 9.17) is 11.2 Å². The van der Waals surface area contributed by atoms with Gasteiger partial charge in [0.25, 0.3) is 0 Å². The summed E-state index contributed by atoms with van der Waals surface area (Å²) in [4.78, 5) is 2.42. The van der Waals surface area contributed by atoms with E-state index in [1.807, 2.05) is 12.1 Å². The second-order valence-electron chi connectivity index (χ2n) is 5.76. The van der Waals surface area contributed by atoms with Crippen molar-refractivity contribution in [3.63, 3.8) is 0 Å². The fraction of sp³-hybridized carbons (Fsp3) is 0.238. The van der Waals surface area contributed by atoms with E-state index in [0.717, 1.165) is 31.7 Å². The first-order chi connectivity index (χ1) is 11.3. The van der Waals surface area contributed by atoms with Gasteiger partial charge >= 0.3 is 0 Å². The van der Waals surface area contributed by atoms with E-state index in [-0.39, 0.29) is 0 Å². The maximum Gasteiger partial charge on any atom is 0.148 e. The summed E-state index contributed by atoms with van der Waals surface area (Å²) in [6, 6.07) is 8.19. The number of terminal acetylenes is 1. The summed E-state index contributed by atoms with van der Waals surface area (Å²) in [6.45, 7) is 2.21. The Bertz CT molecular complexity index is 666. The molecular formula is C21H21NO. The second kappa shape index (κ2) is 7.56. The Kier molecular flexibility index (Phi) is 5.01. The highest BCUT2D eigenvalue weighted by Gasteiger charge is 2.13. The molecule has 0 unspecified atom stereocenters. The van der Waals surface area contributed by atoms with Crippen molar-refractivity contribution in [2.45, 2.75) is 12.8 Å². The van der Waals surface area contributed by atoms with E-state index in [2.05, 4.69) is 59.4 Å². The van der Waals surface area contributed by atoms with Gasteiger partial charge in [-0.3, -0.25) is 0 Å². The normalized spacial score (nSPS) is 15.3. The summed E-state index contributed by atoms with van der Waals surface area (Å²) in [5, 5.41) is 0. The first-order valence-corrected chi connectivity index (χ1v) is 7.95. The molecule has 2 heteroatoms. The van der Waals surface area contributed by atoms with Crippen LogP contribution in [0.5, 0.6) is 5.75 Å². The Balaban J connectivity index is 1.72. The lowest BCUT2D eigenvalue weighted by Gasteiger charge is -2.26. The van der Waals surface area contributed by atoms with Crippen LogP contribution in [-0.4, -0.2) is 19.7 Å². The van der Waals surface area contributed by atoms with Crippen LogP contribution < -0.4 is 9.64 Å². The molecule has 116 valence electrons. The molecule has 3 rings (SSSR count). The molecule has 0 amide bonds. The molecule has 0 heterocycles. The van der Waals surface area contributed by atoms with Crippen LogP contribution in [0.1, 0.15) is 12.8 Å². The van der Waals surface area contributed by atoms with Gasteiger partial charge in [0.2, 0.25) is 0 Å². The first-order valence-electron chi connectivity index (χ1n) is 7.95. The Labute approximate surface area is 138 Å². The smallest absolute Gasteiger partial charge is 0.148 e. The van der Waals surface area contributed by atoms with Crippen molar-refractivity contribution < 1.29 is 4.74 Å². The lowest BCUT2D eigenvalue weighted by molar-refractivity contribution is 0.370. The molecule has 2 aliphatic carbocycles. The number of rotatable bonds is 7. The number of benzene rings is 1. The molecule has 0 spiro atoms. The van der Waals surface area contributed by atoms with Crippen LogP contribution in [0.3, 0.4) is 0 Å². The second-order valence-corrected chi connectivity index (χ2v) is 5.76. The number of hydrogen-bond donors (Lipinski definition) is 0. The minimum absolute atomic E-state index is 0.306. The van der Waals surface area contributed by atoms with Gasteiger partial charge in [-0.2, -0.15) is 0 Å². The zero-order chi connectivity index (χ0) is 15.9. The third-order valence-corrected chi connectivity index (χ3v) is 4.01. The molecule has 1 aromatic rings. The molecule has 0 saturated heterocycles. The fourth-order valence-corrected chi connectivity index (χ4v) is 2.82. The van der Waals surface area contributed by atoms with Crippen LogP contribution in [0.4, 0.5) is 5.69 Å². The third kappa shape index (κ3) is 4.17. The quantitative estimate of drug-likeness (QED) is 0.697. The standard InChI is InChI=1S/C21H21NO/c1-2-15-23-21-13-11-20(12-14-21)22(16-18-7-3-4-8-18)17-19-9-5-6-10-19/h1,3-7,9,11-14H,8,10,15-17H2. The predicted molar refractivity (Wildman–Crippen MR) is 96.7 cm³/mol. The van der Waals surface area contributed by atoms with Crippen molar-refractivity contribution in [2.75, 3.05) is 24.6 Å². The lowest BCUT2D eigenvalue weighted by Crippen LogP contribution is -2.27. The van der Waals surface area contributed by atoms with Crippen LogP contribution in [0, 0.1) is 12.3 Å². The van der Waals surface area contributed by atoms with Gasteiger partial charge < -0.3 is 9.64 Å². The summed E-state index contributed by atoms with van der Waals surface area (Å²) in [5.41, 5.74) is 4.10. The van der Waals surface area contributed by atoms with Gasteiger partial charge in [0, 0.05) is 18.8 Å². The highest BCUT2D eigenvalue weighted by atomic mass is 16.5. The molecule has 1 aromatic carbocycles. The van der Waals surface area contributed by atoms with Crippen LogP contribution in [0.25, 0.3) is 0 Å². The summed E-state index contributed by atoms with van der Waals surface area (Å²) in [5.74, 6) is 3.30. The van der Waals surface area contributed by atoms with E-state index >= 15 is 0 Å². The Morgan fingerprint density at radius 1 is 0.957 bits per heavy atom. The van der Waals surface area contributed by atoms with Crippen molar-refractivity contribution in [2.24, 2.45) is 0 Å². The monoisotopic (exact) mass is 303 g/mol. The number of allylic oxidation sites excluding steroid dienone is 6. The van der Waals surface area contributed by atoms with E-state index in [1.54, 1.807) is 0 Å². The topological polar surface area (TPSA) is 12.5 Å². The van der Waals surface area contributed by atoms with Gasteiger partial charge in [0.1, 0.15) is 12.4 Å². The van der Waals surface area contributed by atoms with E-state index < -0.39 is 0 Å². The number of hydrogen-bond acceptors (Lipinski definition) is 2. The summed E-state index contributed by atoms with van der Waals surface area (Å²) >= 11 is 0. The van der Waals surface area contributed by atoms with Crippen molar-refractivity contribution in [3.05, 3.63) is 71.9 Å². The minimum Gasteiger partial charge on any atom is -0.481 e. The Hall–Kier alpha value is -2.66. The molecule has 0 saturated carbocycles. The summed E-state index contributed by atoms with van der Waals surface area (Å²) < 4.78 is 5.46. The largest absolute Gasteiger partial charge is 0.481 e. The van der Waals surface area contributed by atoms with Crippen LogP contribution in [0.15, 0.2) is 71.9 Å². The molecule has 0 fully saturated rings. The molecule has 0 N–H and O–H groups in total. The van der Waals surface area contributed by atoms with Crippen molar-refractivity contribution in [1.82, 2.24) is 0 Å². The molecule has 2 nitrogen and oxygen atoms in total. The van der Waals surface area contributed by atoms with E-state index in [0.29, 0.717) is 6.61 Å². The molecular weight excluding hydrogens is 282 g/mol. The van der Waals surface area contributed by atoms with E-state index in [9.17, 15) is 0 Å². The summed E-state index contributed by atoms with van der Waals surface area (Å²) in [7, 11) is 0. The summed E-state index contributed by atoms with van der Waals surface area (Å²) in [6.07, 6.45) is 20.5. The lowest BCUT2D eigenvalue weighted by atomic mass is 10.1. The highest BCUT2D eigenvalue weighted by Crippen LogP contribution is 2.24. The van der Waals surface area contributed by atoms with Gasteiger partial charge in [0.05, 0.1) is 0 Å². The molecule has 2 aliphatic rings. The minimum atomic E-state index is 0.306. The van der Waals surface area contributed by atoms with Crippen LogP contribution in [-0.2, 0) is 0 Å². The zero-order valence-corrected chi connectivity index (χ0v) is 13.2. The highest BCUT2D eigenvalue weighted by molar-refractivity contribution is 5.52. The molecule has 0 aromatic heterocycles. The molecule has 23 heavy (non-hydrogen) atoms. The van der Waals surface area contributed by atoms with Crippen LogP contribution >= 0.6 is 0 Å². The number of nitrogens with zero attached hydrogens (tertiary/aromatic N) is 1. The first kappa shape index (κ1) is 15.2. The SMILES string of the molecule is C#CCOc1ccc(N(CC2=CC=CC2)CC2=CC=CC2)cc1. The fourth-order valence-electron chi connectivity index (χ4n) is 2.82. The van der Waals surface area contributed by atoms with Gasteiger partial charge in [-0.25, -0.2) is 0 Å². The van der Waals surface area contributed by atoms with Gasteiger partial charge in [-0.05, 0) is 48.3 Å². The maximum absolute atomic E-state index is 5.46. The number of ether oxygens (including phenoxy) is 1. The average molecular weight is 303 g/mol. The Morgan fingerprint density at radius 2 is 1.57 bits per heavy atom. The zero-order valence-electron chi connectivity index (χ0n) is 13.2. The maximum atomic E-state index is 5.46. The predicted octanol–water partition coefficient (Wildman–Crippen LogP) is 4.28. The molecule has 0 radical (unpaired) electrons. The van der Waals surface area contributed by atoms with Gasteiger partial charge in [-0.1, -0.05) is 42.4 Å². The van der Waals surface area contributed by atoms with Crippen molar-refractivity contribution in [1.29, 1.82) is 0 Å². The van der Waals surface area contributed by atoms with Crippen molar-refractivity contribution >= 4 is 5.69 Å².